The summed E-state index contributed by atoms with van der Waals surface area (Å²) in [6.07, 6.45) is 2.90. The average Bonchev–Trinajstić information content (AvgIpc) is 2.65. The van der Waals surface area contributed by atoms with E-state index in [1.54, 1.807) is 0 Å². The number of benzene rings is 2. The van der Waals surface area contributed by atoms with Crippen molar-refractivity contribution in [2.24, 2.45) is 5.92 Å². The quantitative estimate of drug-likeness (QED) is 0.825. The molecule has 4 heteroatoms. The Balaban J connectivity index is 1.45. The molecule has 0 bridgehead atoms. The molecule has 138 valence electrons. The van der Waals surface area contributed by atoms with Crippen LogP contribution in [0, 0.1) is 12.8 Å². The molecule has 1 aliphatic heterocycles. The molecule has 26 heavy (non-hydrogen) atoms. The lowest BCUT2D eigenvalue weighted by Gasteiger charge is -2.32. The van der Waals surface area contributed by atoms with Crippen molar-refractivity contribution in [1.29, 1.82) is 0 Å². The van der Waals surface area contributed by atoms with E-state index >= 15 is 0 Å². The number of rotatable bonds is 6. The lowest BCUT2D eigenvalue weighted by molar-refractivity contribution is -0.126. The van der Waals surface area contributed by atoms with Crippen molar-refractivity contribution in [1.82, 2.24) is 10.2 Å². The normalized spacial score (nSPS) is 17.8. The molecular weight excluding hydrogens is 344 g/mol. The summed E-state index contributed by atoms with van der Waals surface area (Å²) in [7, 11) is 0. The molecule has 0 aliphatic carbocycles. The van der Waals surface area contributed by atoms with Gasteiger partial charge in [-0.2, -0.15) is 0 Å². The van der Waals surface area contributed by atoms with Crippen LogP contribution in [0.4, 0.5) is 0 Å². The molecule has 0 radical (unpaired) electrons. The molecule has 2 aromatic carbocycles. The maximum Gasteiger partial charge on any atom is 0.224 e. The lowest BCUT2D eigenvalue weighted by Crippen LogP contribution is -2.43. The van der Waals surface area contributed by atoms with Crippen molar-refractivity contribution in [2.45, 2.75) is 32.7 Å². The average molecular weight is 371 g/mol. The molecule has 3 rings (SSSR count). The largest absolute Gasteiger partial charge is 0.355 e. The molecular formula is C22H27ClN2O. The van der Waals surface area contributed by atoms with Crippen molar-refractivity contribution in [3.8, 4) is 0 Å². The highest BCUT2D eigenvalue weighted by Gasteiger charge is 2.25. The maximum absolute atomic E-state index is 12.5. The summed E-state index contributed by atoms with van der Waals surface area (Å²) in [5.74, 6) is 0.284. The molecule has 1 saturated heterocycles. The second-order valence-corrected chi connectivity index (χ2v) is 7.66. The third kappa shape index (κ3) is 5.58. The molecule has 1 N–H and O–H groups in total. The number of halogens is 1. The Morgan fingerprint density at radius 1 is 1.12 bits per heavy atom. The maximum atomic E-state index is 12.5. The van der Waals surface area contributed by atoms with Crippen molar-refractivity contribution in [3.63, 3.8) is 0 Å². The van der Waals surface area contributed by atoms with Gasteiger partial charge in [0, 0.05) is 24.7 Å². The molecule has 1 aliphatic rings. The third-order valence-corrected chi connectivity index (χ3v) is 5.28. The van der Waals surface area contributed by atoms with Crippen LogP contribution in [0.25, 0.3) is 0 Å². The monoisotopic (exact) mass is 370 g/mol. The Morgan fingerprint density at radius 2 is 1.81 bits per heavy atom. The van der Waals surface area contributed by atoms with Crippen LogP contribution in [-0.2, 0) is 17.8 Å². The highest BCUT2D eigenvalue weighted by molar-refractivity contribution is 6.30. The van der Waals surface area contributed by atoms with Crippen LogP contribution in [-0.4, -0.2) is 30.4 Å². The van der Waals surface area contributed by atoms with E-state index in [1.165, 1.54) is 16.7 Å². The van der Waals surface area contributed by atoms with E-state index in [2.05, 4.69) is 41.4 Å². The summed E-state index contributed by atoms with van der Waals surface area (Å²) < 4.78 is 0. The van der Waals surface area contributed by atoms with E-state index in [0.717, 1.165) is 43.9 Å². The van der Waals surface area contributed by atoms with Gasteiger partial charge in [-0.05, 0) is 56.0 Å². The third-order valence-electron chi connectivity index (χ3n) is 5.03. The van der Waals surface area contributed by atoms with Crippen LogP contribution >= 0.6 is 11.6 Å². The highest BCUT2D eigenvalue weighted by Crippen LogP contribution is 2.19. The predicted molar refractivity (Wildman–Crippen MR) is 107 cm³/mol. The van der Waals surface area contributed by atoms with Crippen molar-refractivity contribution < 1.29 is 4.79 Å². The standard InChI is InChI=1S/C22H27ClN2O/c1-17-4-6-19(7-5-17)15-25-14-2-3-20(16-25)22(26)24-13-12-18-8-10-21(23)11-9-18/h4-11,20H,2-3,12-16H2,1H3,(H,24,26)/t20-/m0/s1. The number of hydrogen-bond acceptors (Lipinski definition) is 2. The molecule has 3 nitrogen and oxygen atoms in total. The number of carbonyl (C=O) groups excluding carboxylic acids is 1. The van der Waals surface area contributed by atoms with E-state index < -0.39 is 0 Å². The van der Waals surface area contributed by atoms with E-state index in [1.807, 2.05) is 24.3 Å². The fourth-order valence-electron chi connectivity index (χ4n) is 3.49. The molecule has 1 atom stereocenters. The van der Waals surface area contributed by atoms with Crippen molar-refractivity contribution in [3.05, 3.63) is 70.2 Å². The first kappa shape index (κ1) is 18.9. The van der Waals surface area contributed by atoms with Crippen LogP contribution < -0.4 is 5.32 Å². The molecule has 0 aromatic heterocycles. The van der Waals surface area contributed by atoms with E-state index in [0.29, 0.717) is 6.54 Å². The summed E-state index contributed by atoms with van der Waals surface area (Å²) in [5, 5.41) is 3.85. The van der Waals surface area contributed by atoms with Gasteiger partial charge in [-0.25, -0.2) is 0 Å². The van der Waals surface area contributed by atoms with Crippen LogP contribution in [0.3, 0.4) is 0 Å². The van der Waals surface area contributed by atoms with Gasteiger partial charge in [0.05, 0.1) is 5.92 Å². The van der Waals surface area contributed by atoms with Gasteiger partial charge in [-0.3, -0.25) is 9.69 Å². The molecule has 1 heterocycles. The molecule has 0 saturated carbocycles. The Kier molecular flexibility index (Phi) is 6.70. The van der Waals surface area contributed by atoms with Crippen molar-refractivity contribution >= 4 is 17.5 Å². The van der Waals surface area contributed by atoms with Gasteiger partial charge in [0.25, 0.3) is 0 Å². The number of nitrogens with zero attached hydrogens (tertiary/aromatic N) is 1. The minimum Gasteiger partial charge on any atom is -0.355 e. The van der Waals surface area contributed by atoms with E-state index in [4.69, 9.17) is 11.6 Å². The SMILES string of the molecule is Cc1ccc(CN2CCC[C@H](C(=O)NCCc3ccc(Cl)cc3)C2)cc1. The second kappa shape index (κ2) is 9.20. The fourth-order valence-corrected chi connectivity index (χ4v) is 3.62. The van der Waals surface area contributed by atoms with E-state index in [-0.39, 0.29) is 11.8 Å². The number of hydrogen-bond donors (Lipinski definition) is 1. The first-order valence-electron chi connectivity index (χ1n) is 9.40. The zero-order valence-corrected chi connectivity index (χ0v) is 16.1. The van der Waals surface area contributed by atoms with Gasteiger partial charge in [-0.1, -0.05) is 53.6 Å². The molecule has 0 spiro atoms. The van der Waals surface area contributed by atoms with Gasteiger partial charge in [0.2, 0.25) is 5.91 Å². The minimum absolute atomic E-state index is 0.0967. The number of amides is 1. The number of carbonyl (C=O) groups is 1. The first-order chi connectivity index (χ1) is 12.6. The Labute approximate surface area is 161 Å². The predicted octanol–water partition coefficient (Wildman–Crippen LogP) is 4.22. The van der Waals surface area contributed by atoms with E-state index in [9.17, 15) is 4.79 Å². The van der Waals surface area contributed by atoms with Crippen LogP contribution in [0.1, 0.15) is 29.5 Å². The Bertz CT molecular complexity index is 712. The number of nitrogens with one attached hydrogen (secondary N) is 1. The molecule has 1 fully saturated rings. The molecule has 1 amide bonds. The Morgan fingerprint density at radius 3 is 2.54 bits per heavy atom. The van der Waals surface area contributed by atoms with Crippen LogP contribution in [0.5, 0.6) is 0 Å². The number of aryl methyl sites for hydroxylation is 1. The van der Waals surface area contributed by atoms with Gasteiger partial charge >= 0.3 is 0 Å². The second-order valence-electron chi connectivity index (χ2n) is 7.23. The highest BCUT2D eigenvalue weighted by atomic mass is 35.5. The summed E-state index contributed by atoms with van der Waals surface area (Å²) in [6.45, 7) is 5.63. The Hall–Kier alpha value is -1.84. The molecule has 2 aromatic rings. The summed E-state index contributed by atoms with van der Waals surface area (Å²) >= 11 is 5.90. The van der Waals surface area contributed by atoms with Crippen LogP contribution in [0.15, 0.2) is 48.5 Å². The van der Waals surface area contributed by atoms with Gasteiger partial charge in [0.15, 0.2) is 0 Å². The summed E-state index contributed by atoms with van der Waals surface area (Å²) in [5.41, 5.74) is 3.80. The van der Waals surface area contributed by atoms with Crippen molar-refractivity contribution in [2.75, 3.05) is 19.6 Å². The van der Waals surface area contributed by atoms with Gasteiger partial charge < -0.3 is 5.32 Å². The zero-order chi connectivity index (χ0) is 18.4. The summed E-state index contributed by atoms with van der Waals surface area (Å²) in [4.78, 5) is 14.9. The minimum atomic E-state index is 0.0967. The van der Waals surface area contributed by atoms with Gasteiger partial charge in [-0.15, -0.1) is 0 Å². The van der Waals surface area contributed by atoms with Gasteiger partial charge in [0.1, 0.15) is 0 Å². The smallest absolute Gasteiger partial charge is 0.224 e. The number of piperidine rings is 1. The van der Waals surface area contributed by atoms with Crippen LogP contribution in [0.2, 0.25) is 5.02 Å². The number of likely N-dealkylation sites (tertiary alicyclic amines) is 1. The zero-order valence-electron chi connectivity index (χ0n) is 15.4. The fraction of sp³-hybridized carbons (Fsp3) is 0.409. The first-order valence-corrected chi connectivity index (χ1v) is 9.78. The lowest BCUT2D eigenvalue weighted by atomic mass is 9.96. The topological polar surface area (TPSA) is 32.3 Å². The molecule has 0 unspecified atom stereocenters. The summed E-state index contributed by atoms with van der Waals surface area (Å²) in [6, 6.07) is 16.5.